The Morgan fingerprint density at radius 2 is 2.00 bits per heavy atom. The monoisotopic (exact) mass is 243 g/mol. The van der Waals surface area contributed by atoms with Gasteiger partial charge in [0.1, 0.15) is 0 Å². The third-order valence-electron chi connectivity index (χ3n) is 4.13. The number of likely N-dealkylation sites (tertiary alicyclic amines) is 1. The fourth-order valence-corrected chi connectivity index (χ4v) is 2.54. The van der Waals surface area contributed by atoms with E-state index in [9.17, 15) is 15.0 Å². The van der Waals surface area contributed by atoms with Crippen LogP contribution in [0.2, 0.25) is 0 Å². The lowest BCUT2D eigenvalue weighted by Crippen LogP contribution is -2.51. The SMILES string of the molecule is CCC(O)(CC)CN1CCCC(C)(C(=O)O)C1. The molecule has 1 rings (SSSR count). The Bertz CT molecular complexity index is 276. The van der Waals surface area contributed by atoms with Crippen molar-refractivity contribution in [3.8, 4) is 0 Å². The van der Waals surface area contributed by atoms with E-state index in [1.165, 1.54) is 0 Å². The molecule has 0 saturated carbocycles. The summed E-state index contributed by atoms with van der Waals surface area (Å²) in [6, 6.07) is 0. The van der Waals surface area contributed by atoms with Crippen LogP contribution in [-0.4, -0.2) is 46.3 Å². The van der Waals surface area contributed by atoms with Gasteiger partial charge in [-0.25, -0.2) is 0 Å². The van der Waals surface area contributed by atoms with Crippen LogP contribution in [0.1, 0.15) is 46.5 Å². The average molecular weight is 243 g/mol. The Morgan fingerprint density at radius 1 is 1.41 bits per heavy atom. The minimum atomic E-state index is -0.723. The number of β-amino-alcohol motifs (C(OH)–C–C–N with tert-alkyl or cyclic N) is 1. The second-order valence-corrected chi connectivity index (χ2v) is 5.61. The topological polar surface area (TPSA) is 60.8 Å². The van der Waals surface area contributed by atoms with Gasteiger partial charge in [0.15, 0.2) is 0 Å². The average Bonchev–Trinajstić information content (AvgIpc) is 2.29. The lowest BCUT2D eigenvalue weighted by atomic mass is 9.81. The van der Waals surface area contributed by atoms with Gasteiger partial charge in [0.2, 0.25) is 0 Å². The highest BCUT2D eigenvalue weighted by atomic mass is 16.4. The minimum Gasteiger partial charge on any atom is -0.481 e. The number of nitrogens with zero attached hydrogens (tertiary/aromatic N) is 1. The summed E-state index contributed by atoms with van der Waals surface area (Å²) in [7, 11) is 0. The lowest BCUT2D eigenvalue weighted by molar-refractivity contribution is -0.152. The van der Waals surface area contributed by atoms with Gasteiger partial charge in [-0.05, 0) is 39.2 Å². The predicted molar refractivity (Wildman–Crippen MR) is 66.9 cm³/mol. The van der Waals surface area contributed by atoms with Gasteiger partial charge in [0.25, 0.3) is 0 Å². The summed E-state index contributed by atoms with van der Waals surface area (Å²) in [4.78, 5) is 13.3. The van der Waals surface area contributed by atoms with Gasteiger partial charge < -0.3 is 10.2 Å². The largest absolute Gasteiger partial charge is 0.481 e. The molecule has 1 fully saturated rings. The standard InChI is InChI=1S/C13H25NO3/c1-4-13(17,5-2)10-14-8-6-7-12(3,9-14)11(15)16/h17H,4-10H2,1-3H3,(H,15,16). The van der Waals surface area contributed by atoms with E-state index in [4.69, 9.17) is 0 Å². The van der Waals surface area contributed by atoms with Crippen LogP contribution in [0.15, 0.2) is 0 Å². The Morgan fingerprint density at radius 3 is 2.47 bits per heavy atom. The fourth-order valence-electron chi connectivity index (χ4n) is 2.54. The molecular formula is C13H25NO3. The summed E-state index contributed by atoms with van der Waals surface area (Å²) in [5.74, 6) is -0.723. The number of piperidine rings is 1. The van der Waals surface area contributed by atoms with E-state index in [-0.39, 0.29) is 0 Å². The minimum absolute atomic E-state index is 0.546. The highest BCUT2D eigenvalue weighted by molar-refractivity contribution is 5.74. The van der Waals surface area contributed by atoms with Crippen LogP contribution in [0.5, 0.6) is 0 Å². The van der Waals surface area contributed by atoms with Gasteiger partial charge >= 0.3 is 5.97 Å². The maximum atomic E-state index is 11.2. The number of carboxylic acid groups (broad SMARTS) is 1. The summed E-state index contributed by atoms with van der Waals surface area (Å²) in [5, 5.41) is 19.5. The van der Waals surface area contributed by atoms with Gasteiger partial charge in [0.05, 0.1) is 11.0 Å². The molecule has 0 aromatic rings. The first kappa shape index (κ1) is 14.5. The van der Waals surface area contributed by atoms with Crippen molar-refractivity contribution >= 4 is 5.97 Å². The number of hydrogen-bond donors (Lipinski definition) is 2. The zero-order valence-corrected chi connectivity index (χ0v) is 11.2. The van der Waals surface area contributed by atoms with Crippen LogP contribution in [0, 0.1) is 5.41 Å². The maximum absolute atomic E-state index is 11.2. The van der Waals surface area contributed by atoms with E-state index >= 15 is 0 Å². The molecule has 0 spiro atoms. The van der Waals surface area contributed by atoms with E-state index in [1.807, 2.05) is 13.8 Å². The Balaban J connectivity index is 2.65. The quantitative estimate of drug-likeness (QED) is 0.772. The van der Waals surface area contributed by atoms with E-state index in [2.05, 4.69) is 4.90 Å². The molecule has 1 saturated heterocycles. The first-order valence-corrected chi connectivity index (χ1v) is 6.53. The molecule has 1 aliphatic rings. The van der Waals surface area contributed by atoms with Crippen molar-refractivity contribution < 1.29 is 15.0 Å². The van der Waals surface area contributed by atoms with Crippen molar-refractivity contribution in [1.82, 2.24) is 4.90 Å². The van der Waals surface area contributed by atoms with Gasteiger partial charge in [-0.3, -0.25) is 9.69 Å². The molecule has 0 aliphatic carbocycles. The molecule has 1 heterocycles. The Kier molecular flexibility index (Phi) is 4.55. The zero-order chi connectivity index (χ0) is 13.1. The normalized spacial score (nSPS) is 27.1. The van der Waals surface area contributed by atoms with E-state index in [0.717, 1.165) is 19.4 Å². The molecule has 0 amide bonds. The molecule has 1 unspecified atom stereocenters. The van der Waals surface area contributed by atoms with Gasteiger partial charge in [-0.15, -0.1) is 0 Å². The second kappa shape index (κ2) is 5.36. The highest BCUT2D eigenvalue weighted by Gasteiger charge is 2.39. The number of carboxylic acids is 1. The highest BCUT2D eigenvalue weighted by Crippen LogP contribution is 2.31. The van der Waals surface area contributed by atoms with Crippen LogP contribution in [0.25, 0.3) is 0 Å². The summed E-state index contributed by atoms with van der Waals surface area (Å²) in [6.07, 6.45) is 3.05. The van der Waals surface area contributed by atoms with Crippen LogP contribution < -0.4 is 0 Å². The lowest BCUT2D eigenvalue weighted by Gasteiger charge is -2.41. The van der Waals surface area contributed by atoms with Crippen molar-refractivity contribution in [2.45, 2.75) is 52.1 Å². The number of rotatable bonds is 5. The molecule has 1 aliphatic heterocycles. The van der Waals surface area contributed by atoms with Crippen LogP contribution in [-0.2, 0) is 4.79 Å². The first-order valence-electron chi connectivity index (χ1n) is 6.53. The van der Waals surface area contributed by atoms with E-state index < -0.39 is 17.0 Å². The Labute approximate surface area is 104 Å². The third-order valence-corrected chi connectivity index (χ3v) is 4.13. The fraction of sp³-hybridized carbons (Fsp3) is 0.923. The number of aliphatic carboxylic acids is 1. The van der Waals surface area contributed by atoms with E-state index in [1.54, 1.807) is 6.92 Å². The molecule has 0 bridgehead atoms. The third kappa shape index (κ3) is 3.42. The first-order chi connectivity index (χ1) is 7.85. The van der Waals surface area contributed by atoms with Gasteiger partial charge in [0, 0.05) is 13.1 Å². The van der Waals surface area contributed by atoms with Crippen molar-refractivity contribution in [2.75, 3.05) is 19.6 Å². The summed E-state index contributed by atoms with van der Waals surface area (Å²) < 4.78 is 0. The van der Waals surface area contributed by atoms with Crippen LogP contribution >= 0.6 is 0 Å². The molecule has 4 heteroatoms. The van der Waals surface area contributed by atoms with Crippen LogP contribution in [0.3, 0.4) is 0 Å². The van der Waals surface area contributed by atoms with Crippen molar-refractivity contribution in [3.63, 3.8) is 0 Å². The van der Waals surface area contributed by atoms with Crippen molar-refractivity contribution in [3.05, 3.63) is 0 Å². The summed E-state index contributed by atoms with van der Waals surface area (Å²) in [6.45, 7) is 7.78. The smallest absolute Gasteiger partial charge is 0.310 e. The number of carbonyl (C=O) groups is 1. The second-order valence-electron chi connectivity index (χ2n) is 5.61. The maximum Gasteiger partial charge on any atom is 0.310 e. The molecule has 2 N–H and O–H groups in total. The number of aliphatic hydroxyl groups is 1. The molecule has 0 aromatic heterocycles. The zero-order valence-electron chi connectivity index (χ0n) is 11.2. The molecular weight excluding hydrogens is 218 g/mol. The van der Waals surface area contributed by atoms with Crippen molar-refractivity contribution in [2.24, 2.45) is 5.41 Å². The summed E-state index contributed by atoms with van der Waals surface area (Å²) >= 11 is 0. The molecule has 0 aromatic carbocycles. The van der Waals surface area contributed by atoms with Crippen molar-refractivity contribution in [1.29, 1.82) is 0 Å². The Hall–Kier alpha value is -0.610. The number of hydrogen-bond acceptors (Lipinski definition) is 3. The molecule has 17 heavy (non-hydrogen) atoms. The molecule has 4 nitrogen and oxygen atoms in total. The van der Waals surface area contributed by atoms with Gasteiger partial charge in [-0.2, -0.15) is 0 Å². The molecule has 100 valence electrons. The molecule has 1 atom stereocenters. The van der Waals surface area contributed by atoms with Gasteiger partial charge in [-0.1, -0.05) is 13.8 Å². The molecule has 0 radical (unpaired) electrons. The summed E-state index contributed by atoms with van der Waals surface area (Å²) in [5.41, 5.74) is -1.32. The van der Waals surface area contributed by atoms with E-state index in [0.29, 0.717) is 25.9 Å². The predicted octanol–water partition coefficient (Wildman–Crippen LogP) is 1.72. The van der Waals surface area contributed by atoms with Crippen LogP contribution in [0.4, 0.5) is 0 Å².